The van der Waals surface area contributed by atoms with Crippen molar-refractivity contribution in [3.05, 3.63) is 12.2 Å². The molecule has 0 aromatic heterocycles. The first-order valence-electron chi connectivity index (χ1n) is 7.79. The molecule has 1 amide bonds. The molecule has 0 saturated carbocycles. The van der Waals surface area contributed by atoms with Gasteiger partial charge < -0.3 is 9.64 Å². The molecule has 1 aliphatic heterocycles. The summed E-state index contributed by atoms with van der Waals surface area (Å²) in [5.41, 5.74) is -0.400. The Morgan fingerprint density at radius 2 is 1.90 bits per heavy atom. The number of hydrogen-bond acceptors (Lipinski definition) is 3. The van der Waals surface area contributed by atoms with E-state index in [-0.39, 0.29) is 6.09 Å². The lowest BCUT2D eigenvalue weighted by molar-refractivity contribution is 0.0132. The topological polar surface area (TPSA) is 32.8 Å². The maximum absolute atomic E-state index is 12.0. The first-order valence-corrected chi connectivity index (χ1v) is 7.79. The van der Waals surface area contributed by atoms with E-state index >= 15 is 0 Å². The van der Waals surface area contributed by atoms with Crippen molar-refractivity contribution in [2.24, 2.45) is 5.92 Å². The summed E-state index contributed by atoms with van der Waals surface area (Å²) in [6.07, 6.45) is 8.18. The van der Waals surface area contributed by atoms with E-state index in [1.807, 2.05) is 25.7 Å². The monoisotopic (exact) mass is 280 g/mol. The number of hydrogen-bond donors (Lipinski definition) is 0. The van der Waals surface area contributed by atoms with Gasteiger partial charge in [-0.1, -0.05) is 12.2 Å². The first-order chi connectivity index (χ1) is 9.44. The Kier molecular flexibility index (Phi) is 5.08. The molecule has 0 N–H and O–H groups in total. The maximum Gasteiger partial charge on any atom is 0.410 e. The van der Waals surface area contributed by atoms with Crippen LogP contribution in [-0.4, -0.2) is 54.2 Å². The minimum atomic E-state index is -0.400. The fourth-order valence-electron chi connectivity index (χ4n) is 2.83. The SMILES string of the molecule is CC(C)(C)OC(=O)N1CCN(CC2CC=CCC2)CC1. The van der Waals surface area contributed by atoms with E-state index in [0.29, 0.717) is 0 Å². The second kappa shape index (κ2) is 6.61. The molecule has 1 aliphatic carbocycles. The molecular formula is C16H28N2O2. The molecule has 4 heteroatoms. The van der Waals surface area contributed by atoms with Gasteiger partial charge in [0.25, 0.3) is 0 Å². The molecular weight excluding hydrogens is 252 g/mol. The van der Waals surface area contributed by atoms with Gasteiger partial charge in [0.15, 0.2) is 0 Å². The molecule has 1 fully saturated rings. The van der Waals surface area contributed by atoms with E-state index in [0.717, 1.165) is 32.1 Å². The van der Waals surface area contributed by atoms with Crippen LogP contribution in [0.1, 0.15) is 40.0 Å². The summed E-state index contributed by atoms with van der Waals surface area (Å²) >= 11 is 0. The van der Waals surface area contributed by atoms with Gasteiger partial charge in [-0.2, -0.15) is 0 Å². The van der Waals surface area contributed by atoms with Crippen molar-refractivity contribution in [1.29, 1.82) is 0 Å². The van der Waals surface area contributed by atoms with Crippen LogP contribution in [-0.2, 0) is 4.74 Å². The summed E-state index contributed by atoms with van der Waals surface area (Å²) in [5.74, 6) is 0.799. The highest BCUT2D eigenvalue weighted by atomic mass is 16.6. The highest BCUT2D eigenvalue weighted by molar-refractivity contribution is 5.68. The van der Waals surface area contributed by atoms with Gasteiger partial charge in [0.2, 0.25) is 0 Å². The van der Waals surface area contributed by atoms with Crippen LogP contribution in [0.25, 0.3) is 0 Å². The number of allylic oxidation sites excluding steroid dienone is 2. The third-order valence-electron chi connectivity index (χ3n) is 3.92. The lowest BCUT2D eigenvalue weighted by Gasteiger charge is -2.37. The van der Waals surface area contributed by atoms with Crippen LogP contribution in [0.4, 0.5) is 4.79 Å². The molecule has 4 nitrogen and oxygen atoms in total. The Bertz CT molecular complexity index is 352. The van der Waals surface area contributed by atoms with Crippen molar-refractivity contribution < 1.29 is 9.53 Å². The lowest BCUT2D eigenvalue weighted by atomic mass is 9.94. The quantitative estimate of drug-likeness (QED) is 0.729. The summed E-state index contributed by atoms with van der Waals surface area (Å²) in [6.45, 7) is 10.4. The smallest absolute Gasteiger partial charge is 0.410 e. The highest BCUT2D eigenvalue weighted by Gasteiger charge is 2.26. The number of carbonyl (C=O) groups is 1. The second-order valence-electron chi connectivity index (χ2n) is 6.92. The van der Waals surface area contributed by atoms with E-state index in [2.05, 4.69) is 17.1 Å². The fourth-order valence-corrected chi connectivity index (χ4v) is 2.83. The van der Waals surface area contributed by atoms with Crippen molar-refractivity contribution in [2.75, 3.05) is 32.7 Å². The molecule has 0 bridgehead atoms. The summed E-state index contributed by atoms with van der Waals surface area (Å²) in [7, 11) is 0. The normalized spacial score (nSPS) is 24.8. The molecule has 1 saturated heterocycles. The van der Waals surface area contributed by atoms with E-state index < -0.39 is 5.60 Å². The van der Waals surface area contributed by atoms with Gasteiger partial charge in [0, 0.05) is 32.7 Å². The molecule has 1 atom stereocenters. The zero-order chi connectivity index (χ0) is 14.6. The van der Waals surface area contributed by atoms with Crippen molar-refractivity contribution in [1.82, 2.24) is 9.80 Å². The minimum Gasteiger partial charge on any atom is -0.444 e. The number of piperazine rings is 1. The molecule has 20 heavy (non-hydrogen) atoms. The molecule has 114 valence electrons. The molecule has 0 aromatic carbocycles. The van der Waals surface area contributed by atoms with Gasteiger partial charge in [0.05, 0.1) is 0 Å². The number of amides is 1. The van der Waals surface area contributed by atoms with Crippen LogP contribution >= 0.6 is 0 Å². The van der Waals surface area contributed by atoms with Gasteiger partial charge in [0.1, 0.15) is 5.60 Å². The Balaban J connectivity index is 1.72. The predicted molar refractivity (Wildman–Crippen MR) is 80.7 cm³/mol. The molecule has 0 radical (unpaired) electrons. The maximum atomic E-state index is 12.0. The van der Waals surface area contributed by atoms with Gasteiger partial charge in [-0.15, -0.1) is 0 Å². The summed E-state index contributed by atoms with van der Waals surface area (Å²) in [4.78, 5) is 16.3. The highest BCUT2D eigenvalue weighted by Crippen LogP contribution is 2.20. The number of ether oxygens (including phenoxy) is 1. The molecule has 2 rings (SSSR count). The standard InChI is InChI=1S/C16H28N2O2/c1-16(2,3)20-15(19)18-11-9-17(10-12-18)13-14-7-5-4-6-8-14/h4-5,14H,6-13H2,1-3H3. The average molecular weight is 280 g/mol. The zero-order valence-electron chi connectivity index (χ0n) is 13.1. The minimum absolute atomic E-state index is 0.169. The van der Waals surface area contributed by atoms with Gasteiger partial charge in [-0.3, -0.25) is 4.90 Å². The van der Waals surface area contributed by atoms with Crippen molar-refractivity contribution in [3.63, 3.8) is 0 Å². The lowest BCUT2D eigenvalue weighted by Crippen LogP contribution is -2.50. The Labute approximate surface area is 122 Å². The van der Waals surface area contributed by atoms with Gasteiger partial charge >= 0.3 is 6.09 Å². The van der Waals surface area contributed by atoms with E-state index in [4.69, 9.17) is 4.74 Å². The number of rotatable bonds is 2. The van der Waals surface area contributed by atoms with Crippen molar-refractivity contribution in [2.45, 2.75) is 45.6 Å². The van der Waals surface area contributed by atoms with Crippen LogP contribution in [0.3, 0.4) is 0 Å². The first kappa shape index (κ1) is 15.4. The van der Waals surface area contributed by atoms with Crippen LogP contribution in [0, 0.1) is 5.92 Å². The Morgan fingerprint density at radius 1 is 1.20 bits per heavy atom. The fraction of sp³-hybridized carbons (Fsp3) is 0.812. The Morgan fingerprint density at radius 3 is 2.45 bits per heavy atom. The van der Waals surface area contributed by atoms with E-state index in [1.54, 1.807) is 0 Å². The zero-order valence-corrected chi connectivity index (χ0v) is 13.1. The molecule has 0 aromatic rings. The Hall–Kier alpha value is -1.03. The van der Waals surface area contributed by atoms with Crippen LogP contribution < -0.4 is 0 Å². The predicted octanol–water partition coefficient (Wildman–Crippen LogP) is 2.90. The van der Waals surface area contributed by atoms with E-state index in [9.17, 15) is 4.79 Å². The van der Waals surface area contributed by atoms with Crippen LogP contribution in [0.15, 0.2) is 12.2 Å². The van der Waals surface area contributed by atoms with Gasteiger partial charge in [-0.05, 0) is 46.0 Å². The third kappa shape index (κ3) is 4.82. The number of carbonyl (C=O) groups excluding carboxylic acids is 1. The van der Waals surface area contributed by atoms with Crippen LogP contribution in [0.2, 0.25) is 0 Å². The van der Waals surface area contributed by atoms with Crippen molar-refractivity contribution >= 4 is 6.09 Å². The molecule has 0 spiro atoms. The molecule has 1 heterocycles. The van der Waals surface area contributed by atoms with Crippen molar-refractivity contribution in [3.8, 4) is 0 Å². The summed E-state index contributed by atoms with van der Waals surface area (Å²) < 4.78 is 5.42. The molecule has 1 unspecified atom stereocenters. The summed E-state index contributed by atoms with van der Waals surface area (Å²) in [5, 5.41) is 0. The van der Waals surface area contributed by atoms with Gasteiger partial charge in [-0.25, -0.2) is 4.79 Å². The van der Waals surface area contributed by atoms with E-state index in [1.165, 1.54) is 25.8 Å². The summed E-state index contributed by atoms with van der Waals surface area (Å²) in [6, 6.07) is 0. The molecule has 2 aliphatic rings. The largest absolute Gasteiger partial charge is 0.444 e. The second-order valence-corrected chi connectivity index (χ2v) is 6.92. The third-order valence-corrected chi connectivity index (χ3v) is 3.92. The number of nitrogens with zero attached hydrogens (tertiary/aromatic N) is 2. The average Bonchev–Trinajstić information content (AvgIpc) is 2.39. The van der Waals surface area contributed by atoms with Crippen LogP contribution in [0.5, 0.6) is 0 Å².